The normalized spacial score (nSPS) is 20.0. The third-order valence-electron chi connectivity index (χ3n) is 4.33. The standard InChI is InChI=1S/C20H16O4/c21-18(22)17-13-20(19(23)24,15-9-5-2-6-10-15)12-11-16(17)14-7-3-1-4-8-14/h1-12H,13H2,(H,21,22)(H,23,24). The summed E-state index contributed by atoms with van der Waals surface area (Å²) in [4.78, 5) is 23.8. The molecule has 0 amide bonds. The van der Waals surface area contributed by atoms with Crippen LogP contribution >= 0.6 is 0 Å². The average Bonchev–Trinajstić information content (AvgIpc) is 2.62. The minimum Gasteiger partial charge on any atom is -0.480 e. The maximum Gasteiger partial charge on any atom is 0.332 e. The van der Waals surface area contributed by atoms with Crippen LogP contribution < -0.4 is 0 Å². The van der Waals surface area contributed by atoms with Crippen LogP contribution in [0.15, 0.2) is 78.4 Å². The molecule has 4 heteroatoms. The van der Waals surface area contributed by atoms with Crippen LogP contribution in [0, 0.1) is 0 Å². The summed E-state index contributed by atoms with van der Waals surface area (Å²) in [6.45, 7) is 0. The topological polar surface area (TPSA) is 74.6 Å². The van der Waals surface area contributed by atoms with Crippen LogP contribution in [0.4, 0.5) is 0 Å². The van der Waals surface area contributed by atoms with Crippen molar-refractivity contribution in [3.05, 3.63) is 89.5 Å². The Bertz CT molecular complexity index is 834. The van der Waals surface area contributed by atoms with E-state index < -0.39 is 17.4 Å². The van der Waals surface area contributed by atoms with E-state index in [-0.39, 0.29) is 12.0 Å². The molecule has 3 rings (SSSR count). The van der Waals surface area contributed by atoms with Gasteiger partial charge in [0.15, 0.2) is 0 Å². The minimum absolute atomic E-state index is 0.0948. The number of hydrogen-bond acceptors (Lipinski definition) is 2. The van der Waals surface area contributed by atoms with E-state index in [1.807, 2.05) is 30.3 Å². The third kappa shape index (κ3) is 2.63. The first-order valence-electron chi connectivity index (χ1n) is 7.54. The first-order valence-corrected chi connectivity index (χ1v) is 7.54. The van der Waals surface area contributed by atoms with Gasteiger partial charge in [-0.3, -0.25) is 4.79 Å². The molecule has 0 saturated carbocycles. The second-order valence-electron chi connectivity index (χ2n) is 5.72. The van der Waals surface area contributed by atoms with E-state index in [1.165, 1.54) is 0 Å². The van der Waals surface area contributed by atoms with Crippen molar-refractivity contribution in [1.82, 2.24) is 0 Å². The lowest BCUT2D eigenvalue weighted by Crippen LogP contribution is -2.37. The number of carbonyl (C=O) groups is 2. The molecule has 0 spiro atoms. The van der Waals surface area contributed by atoms with E-state index in [4.69, 9.17) is 0 Å². The molecule has 2 N–H and O–H groups in total. The number of carboxylic acids is 2. The van der Waals surface area contributed by atoms with Crippen molar-refractivity contribution in [2.45, 2.75) is 11.8 Å². The minimum atomic E-state index is -1.37. The van der Waals surface area contributed by atoms with E-state index in [1.54, 1.807) is 42.5 Å². The number of rotatable bonds is 4. The summed E-state index contributed by atoms with van der Waals surface area (Å²) in [5, 5.41) is 19.5. The van der Waals surface area contributed by atoms with Crippen LogP contribution in [0.3, 0.4) is 0 Å². The number of carboxylic acid groups (broad SMARTS) is 2. The van der Waals surface area contributed by atoms with E-state index >= 15 is 0 Å². The summed E-state index contributed by atoms with van der Waals surface area (Å²) in [7, 11) is 0. The highest BCUT2D eigenvalue weighted by molar-refractivity contribution is 6.02. The summed E-state index contributed by atoms with van der Waals surface area (Å²) >= 11 is 0. The van der Waals surface area contributed by atoms with Crippen LogP contribution in [0.1, 0.15) is 17.5 Å². The summed E-state index contributed by atoms with van der Waals surface area (Å²) in [6, 6.07) is 17.9. The Morgan fingerprint density at radius 3 is 2.00 bits per heavy atom. The first kappa shape index (κ1) is 15.7. The molecule has 120 valence electrons. The van der Waals surface area contributed by atoms with Crippen LogP contribution in [-0.4, -0.2) is 22.2 Å². The lowest BCUT2D eigenvalue weighted by molar-refractivity contribution is -0.142. The fourth-order valence-corrected chi connectivity index (χ4v) is 3.04. The molecule has 24 heavy (non-hydrogen) atoms. The fourth-order valence-electron chi connectivity index (χ4n) is 3.04. The van der Waals surface area contributed by atoms with E-state index in [9.17, 15) is 19.8 Å². The van der Waals surface area contributed by atoms with Gasteiger partial charge in [0.25, 0.3) is 0 Å². The van der Waals surface area contributed by atoms with E-state index in [2.05, 4.69) is 0 Å². The maximum absolute atomic E-state index is 12.0. The lowest BCUT2D eigenvalue weighted by atomic mass is 9.70. The Kier molecular flexibility index (Phi) is 4.04. The second kappa shape index (κ2) is 6.16. The predicted molar refractivity (Wildman–Crippen MR) is 90.5 cm³/mol. The molecule has 1 aliphatic rings. The molecule has 0 radical (unpaired) electrons. The molecule has 0 saturated heterocycles. The van der Waals surface area contributed by atoms with Crippen LogP contribution in [0.2, 0.25) is 0 Å². The van der Waals surface area contributed by atoms with Crippen LogP contribution in [-0.2, 0) is 15.0 Å². The molecule has 0 aromatic heterocycles. The van der Waals surface area contributed by atoms with Crippen molar-refractivity contribution < 1.29 is 19.8 Å². The van der Waals surface area contributed by atoms with Crippen molar-refractivity contribution in [1.29, 1.82) is 0 Å². The van der Waals surface area contributed by atoms with Crippen molar-refractivity contribution >= 4 is 17.5 Å². The van der Waals surface area contributed by atoms with Gasteiger partial charge in [-0.05, 0) is 16.7 Å². The zero-order chi connectivity index (χ0) is 17.2. The molecular weight excluding hydrogens is 304 g/mol. The van der Waals surface area contributed by atoms with Gasteiger partial charge in [0, 0.05) is 12.0 Å². The molecule has 2 aromatic rings. The SMILES string of the molecule is O=C(O)C1=C(c2ccccc2)C=CC(C(=O)O)(c2ccccc2)C1. The maximum atomic E-state index is 12.0. The van der Waals surface area contributed by atoms with Crippen LogP contribution in [0.25, 0.3) is 5.57 Å². The van der Waals surface area contributed by atoms with E-state index in [0.29, 0.717) is 11.1 Å². The van der Waals surface area contributed by atoms with Gasteiger partial charge in [0.1, 0.15) is 5.41 Å². The Morgan fingerprint density at radius 1 is 0.875 bits per heavy atom. The third-order valence-corrected chi connectivity index (χ3v) is 4.33. The smallest absolute Gasteiger partial charge is 0.332 e. The van der Waals surface area contributed by atoms with Gasteiger partial charge in [0.2, 0.25) is 0 Å². The molecule has 1 aliphatic carbocycles. The van der Waals surface area contributed by atoms with E-state index in [0.717, 1.165) is 5.56 Å². The van der Waals surface area contributed by atoms with Gasteiger partial charge in [-0.2, -0.15) is 0 Å². The van der Waals surface area contributed by atoms with Crippen molar-refractivity contribution in [3.8, 4) is 0 Å². The predicted octanol–water partition coefficient (Wildman–Crippen LogP) is 3.51. The highest BCUT2D eigenvalue weighted by Crippen LogP contribution is 2.40. The average molecular weight is 320 g/mol. The van der Waals surface area contributed by atoms with Gasteiger partial charge in [-0.15, -0.1) is 0 Å². The van der Waals surface area contributed by atoms with Crippen LogP contribution in [0.5, 0.6) is 0 Å². The quantitative estimate of drug-likeness (QED) is 0.904. The second-order valence-corrected chi connectivity index (χ2v) is 5.72. The number of aliphatic carboxylic acids is 2. The largest absolute Gasteiger partial charge is 0.480 e. The molecule has 0 bridgehead atoms. The fraction of sp³-hybridized carbons (Fsp3) is 0.100. The first-order chi connectivity index (χ1) is 11.5. The van der Waals surface area contributed by atoms with Gasteiger partial charge in [-0.1, -0.05) is 72.8 Å². The Labute approximate surface area is 139 Å². The Hall–Kier alpha value is -3.14. The van der Waals surface area contributed by atoms with Crippen molar-refractivity contribution in [3.63, 3.8) is 0 Å². The molecule has 4 nitrogen and oxygen atoms in total. The number of hydrogen-bond donors (Lipinski definition) is 2. The van der Waals surface area contributed by atoms with Gasteiger partial charge in [-0.25, -0.2) is 4.79 Å². The summed E-state index contributed by atoms with van der Waals surface area (Å²) in [6.07, 6.45) is 3.12. The zero-order valence-electron chi connectivity index (χ0n) is 12.8. The van der Waals surface area contributed by atoms with Crippen molar-refractivity contribution in [2.75, 3.05) is 0 Å². The van der Waals surface area contributed by atoms with Gasteiger partial charge in [0.05, 0.1) is 0 Å². The highest BCUT2D eigenvalue weighted by atomic mass is 16.4. The molecule has 2 aromatic carbocycles. The van der Waals surface area contributed by atoms with Gasteiger partial charge < -0.3 is 10.2 Å². The molecule has 0 fully saturated rings. The molecule has 1 unspecified atom stereocenters. The number of benzene rings is 2. The number of allylic oxidation sites excluding steroid dienone is 2. The molecule has 0 aliphatic heterocycles. The summed E-state index contributed by atoms with van der Waals surface area (Å²) in [5.41, 5.74) is 0.622. The van der Waals surface area contributed by atoms with Crippen molar-refractivity contribution in [2.24, 2.45) is 0 Å². The molecule has 0 heterocycles. The zero-order valence-corrected chi connectivity index (χ0v) is 12.8. The highest BCUT2D eigenvalue weighted by Gasteiger charge is 2.42. The monoisotopic (exact) mass is 320 g/mol. The summed E-state index contributed by atoms with van der Waals surface area (Å²) in [5.74, 6) is -2.16. The van der Waals surface area contributed by atoms with Gasteiger partial charge >= 0.3 is 11.9 Å². The summed E-state index contributed by atoms with van der Waals surface area (Å²) < 4.78 is 0. The molecular formula is C20H16O4. The molecule has 1 atom stereocenters. The Balaban J connectivity index is 2.14. The Morgan fingerprint density at radius 2 is 1.46 bits per heavy atom. The lowest BCUT2D eigenvalue weighted by Gasteiger charge is -2.31.